The van der Waals surface area contributed by atoms with Crippen molar-refractivity contribution in [2.24, 2.45) is 0 Å². The van der Waals surface area contributed by atoms with Gasteiger partial charge in [-0.1, -0.05) is 6.07 Å². The summed E-state index contributed by atoms with van der Waals surface area (Å²) < 4.78 is 22.4. The molecule has 1 aliphatic rings. The molecule has 0 bridgehead atoms. The van der Waals surface area contributed by atoms with E-state index in [1.807, 2.05) is 39.0 Å². The molecular formula is C22H20FN5O2. The molecule has 0 N–H and O–H groups in total. The van der Waals surface area contributed by atoms with Crippen LogP contribution in [0.15, 0.2) is 41.6 Å². The summed E-state index contributed by atoms with van der Waals surface area (Å²) in [4.78, 5) is 21.0. The molecule has 1 fully saturated rings. The van der Waals surface area contributed by atoms with Gasteiger partial charge < -0.3 is 9.30 Å². The van der Waals surface area contributed by atoms with Crippen molar-refractivity contribution in [1.29, 1.82) is 0 Å². The van der Waals surface area contributed by atoms with Gasteiger partial charge >= 0.3 is 0 Å². The number of nitrogens with zero attached hydrogens (tertiary/aromatic N) is 5. The fraction of sp³-hybridized carbons (Fsp3) is 0.273. The van der Waals surface area contributed by atoms with Gasteiger partial charge in [0, 0.05) is 22.3 Å². The maximum absolute atomic E-state index is 13.2. The smallest absolute Gasteiger partial charge is 0.283 e. The van der Waals surface area contributed by atoms with Crippen LogP contribution in [-0.2, 0) is 0 Å². The van der Waals surface area contributed by atoms with E-state index in [1.54, 1.807) is 6.20 Å². The van der Waals surface area contributed by atoms with Crippen LogP contribution in [0.5, 0.6) is 5.75 Å². The van der Waals surface area contributed by atoms with Crippen molar-refractivity contribution in [3.05, 3.63) is 69.9 Å². The molecule has 0 aliphatic heterocycles. The van der Waals surface area contributed by atoms with Crippen molar-refractivity contribution in [2.75, 3.05) is 0 Å². The molecule has 8 heteroatoms. The molecule has 1 aromatic carbocycles. The predicted molar refractivity (Wildman–Crippen MR) is 110 cm³/mol. The Balaban J connectivity index is 1.70. The van der Waals surface area contributed by atoms with E-state index in [4.69, 9.17) is 4.74 Å². The lowest BCUT2D eigenvalue weighted by atomic mass is 10.1. The normalized spacial score (nSPS) is 13.7. The maximum atomic E-state index is 13.2. The van der Waals surface area contributed by atoms with Gasteiger partial charge in [-0.15, -0.1) is 0 Å². The largest absolute Gasteiger partial charge is 0.490 e. The number of ether oxygens (including phenoxy) is 1. The Bertz CT molecular complexity index is 1340. The Kier molecular flexibility index (Phi) is 4.16. The van der Waals surface area contributed by atoms with Gasteiger partial charge in [0.15, 0.2) is 5.82 Å². The van der Waals surface area contributed by atoms with Crippen molar-refractivity contribution in [1.82, 2.24) is 24.3 Å². The third kappa shape index (κ3) is 2.87. The summed E-state index contributed by atoms with van der Waals surface area (Å²) in [6.07, 6.45) is 6.13. The minimum Gasteiger partial charge on any atom is -0.490 e. The van der Waals surface area contributed by atoms with E-state index in [2.05, 4.69) is 19.6 Å². The first-order chi connectivity index (χ1) is 14.5. The Morgan fingerprint density at radius 2 is 1.80 bits per heavy atom. The molecule has 152 valence electrons. The van der Waals surface area contributed by atoms with E-state index in [9.17, 15) is 9.18 Å². The molecule has 0 unspecified atom stereocenters. The molecule has 4 aromatic rings. The molecule has 30 heavy (non-hydrogen) atoms. The van der Waals surface area contributed by atoms with Crippen LogP contribution in [0.25, 0.3) is 22.4 Å². The average Bonchev–Trinajstić information content (AvgIpc) is 3.51. The van der Waals surface area contributed by atoms with Crippen molar-refractivity contribution in [3.63, 3.8) is 0 Å². The minimum atomic E-state index is -0.574. The summed E-state index contributed by atoms with van der Waals surface area (Å²) in [7, 11) is 0. The molecule has 0 radical (unpaired) electrons. The lowest BCUT2D eigenvalue weighted by molar-refractivity contribution is 0.301. The van der Waals surface area contributed by atoms with Crippen molar-refractivity contribution < 1.29 is 9.13 Å². The standard InChI is InChI=1S/C22H20FN5O2/c1-12-18(5-4-6-19(12)30-16-7-8-16)27-13(2)17-11-26-28(21(29)20(17)14(27)3)22-24-9-15(23)10-25-22/h4-6,9-11,16H,7-8H2,1-3H3. The third-order valence-electron chi connectivity index (χ3n) is 5.51. The first-order valence-corrected chi connectivity index (χ1v) is 9.80. The second kappa shape index (κ2) is 6.76. The average molecular weight is 405 g/mol. The first-order valence-electron chi connectivity index (χ1n) is 9.80. The van der Waals surface area contributed by atoms with E-state index < -0.39 is 5.82 Å². The van der Waals surface area contributed by atoms with Crippen molar-refractivity contribution >= 4 is 10.8 Å². The number of aromatic nitrogens is 5. The number of halogens is 1. The topological polar surface area (TPSA) is 74.8 Å². The van der Waals surface area contributed by atoms with Crippen LogP contribution < -0.4 is 10.3 Å². The van der Waals surface area contributed by atoms with E-state index in [-0.39, 0.29) is 11.5 Å². The molecule has 3 aromatic heterocycles. The molecule has 3 heterocycles. The van der Waals surface area contributed by atoms with Crippen LogP contribution in [0.2, 0.25) is 0 Å². The van der Waals surface area contributed by atoms with Crippen LogP contribution >= 0.6 is 0 Å². The zero-order valence-corrected chi connectivity index (χ0v) is 16.9. The summed E-state index contributed by atoms with van der Waals surface area (Å²) in [6, 6.07) is 5.96. The van der Waals surface area contributed by atoms with Crippen LogP contribution in [0.4, 0.5) is 4.39 Å². The quantitative estimate of drug-likeness (QED) is 0.519. The second-order valence-corrected chi connectivity index (χ2v) is 7.58. The van der Waals surface area contributed by atoms with Gasteiger partial charge in [0.2, 0.25) is 0 Å². The summed E-state index contributed by atoms with van der Waals surface area (Å²) in [6.45, 7) is 5.89. The maximum Gasteiger partial charge on any atom is 0.283 e. The summed E-state index contributed by atoms with van der Waals surface area (Å²) in [5.74, 6) is 0.320. The van der Waals surface area contributed by atoms with Crippen LogP contribution in [0, 0.1) is 26.6 Å². The zero-order valence-electron chi connectivity index (χ0n) is 16.9. The van der Waals surface area contributed by atoms with Crippen molar-refractivity contribution in [3.8, 4) is 17.4 Å². The summed E-state index contributed by atoms with van der Waals surface area (Å²) in [5.41, 5.74) is 3.33. The molecular weight excluding hydrogens is 385 g/mol. The number of fused-ring (bicyclic) bond motifs is 1. The highest BCUT2D eigenvalue weighted by Gasteiger charge is 2.25. The molecule has 5 rings (SSSR count). The highest BCUT2D eigenvalue weighted by atomic mass is 19.1. The number of benzene rings is 1. The fourth-order valence-electron chi connectivity index (χ4n) is 3.82. The highest BCUT2D eigenvalue weighted by Crippen LogP contribution is 2.34. The lowest BCUT2D eigenvalue weighted by Gasteiger charge is -2.16. The molecule has 0 amide bonds. The number of rotatable bonds is 4. The van der Waals surface area contributed by atoms with Gasteiger partial charge in [-0.3, -0.25) is 4.79 Å². The Morgan fingerprint density at radius 3 is 2.50 bits per heavy atom. The van der Waals surface area contributed by atoms with Gasteiger partial charge in [0.05, 0.1) is 35.8 Å². The Hall–Kier alpha value is -3.55. The predicted octanol–water partition coefficient (Wildman–Crippen LogP) is 3.57. The number of hydrogen-bond donors (Lipinski definition) is 0. The summed E-state index contributed by atoms with van der Waals surface area (Å²) >= 11 is 0. The molecule has 1 aliphatic carbocycles. The van der Waals surface area contributed by atoms with Gasteiger partial charge in [0.25, 0.3) is 11.5 Å². The van der Waals surface area contributed by atoms with Gasteiger partial charge in [-0.2, -0.15) is 9.78 Å². The molecule has 1 saturated carbocycles. The van der Waals surface area contributed by atoms with E-state index in [1.165, 1.54) is 0 Å². The van der Waals surface area contributed by atoms with Gasteiger partial charge in [0.1, 0.15) is 5.75 Å². The van der Waals surface area contributed by atoms with Crippen molar-refractivity contribution in [2.45, 2.75) is 39.7 Å². The molecule has 0 saturated heterocycles. The number of hydrogen-bond acceptors (Lipinski definition) is 5. The van der Waals surface area contributed by atoms with Crippen LogP contribution in [-0.4, -0.2) is 30.4 Å². The number of aryl methyl sites for hydroxylation is 2. The highest BCUT2D eigenvalue weighted by molar-refractivity contribution is 5.88. The van der Waals surface area contributed by atoms with Crippen LogP contribution in [0.3, 0.4) is 0 Å². The second-order valence-electron chi connectivity index (χ2n) is 7.58. The minimum absolute atomic E-state index is 0.0316. The van der Waals surface area contributed by atoms with E-state index in [0.29, 0.717) is 11.5 Å². The fourth-order valence-corrected chi connectivity index (χ4v) is 3.82. The molecule has 0 atom stereocenters. The van der Waals surface area contributed by atoms with Gasteiger partial charge in [-0.05, 0) is 45.7 Å². The third-order valence-corrected chi connectivity index (χ3v) is 5.51. The monoisotopic (exact) mass is 405 g/mol. The SMILES string of the molecule is Cc1c(OC2CC2)cccc1-n1c(C)c2cnn(-c3ncc(F)cn3)c(=O)c2c1C. The van der Waals surface area contributed by atoms with Crippen LogP contribution in [0.1, 0.15) is 29.8 Å². The van der Waals surface area contributed by atoms with Gasteiger partial charge in [-0.25, -0.2) is 14.4 Å². The van der Waals surface area contributed by atoms with E-state index >= 15 is 0 Å². The Morgan fingerprint density at radius 1 is 1.07 bits per heavy atom. The zero-order chi connectivity index (χ0) is 21.0. The summed E-state index contributed by atoms with van der Waals surface area (Å²) in [5, 5.41) is 5.51. The molecule has 7 nitrogen and oxygen atoms in total. The first kappa shape index (κ1) is 18.5. The molecule has 0 spiro atoms. The van der Waals surface area contributed by atoms with E-state index in [0.717, 1.165) is 63.7 Å². The Labute approximate surface area is 171 Å². The lowest BCUT2D eigenvalue weighted by Crippen LogP contribution is -2.23.